The zero-order valence-electron chi connectivity index (χ0n) is 11.1. The molecule has 0 saturated carbocycles. The van der Waals surface area contributed by atoms with E-state index in [-0.39, 0.29) is 11.0 Å². The summed E-state index contributed by atoms with van der Waals surface area (Å²) >= 11 is 5.99. The first-order chi connectivity index (χ1) is 9.90. The molecule has 1 amide bonds. The summed E-state index contributed by atoms with van der Waals surface area (Å²) in [6.07, 6.45) is 0. The van der Waals surface area contributed by atoms with Gasteiger partial charge in [0, 0.05) is 5.46 Å². The van der Waals surface area contributed by atoms with Crippen LogP contribution in [0.15, 0.2) is 36.4 Å². The molecule has 0 aliphatic heterocycles. The van der Waals surface area contributed by atoms with Crippen LogP contribution in [0.4, 0.5) is 10.1 Å². The van der Waals surface area contributed by atoms with Gasteiger partial charge in [-0.25, -0.2) is 4.39 Å². The summed E-state index contributed by atoms with van der Waals surface area (Å²) in [6.45, 7) is 1.85. The number of carbonyl (C=O) groups excluding carboxylic acids is 1. The van der Waals surface area contributed by atoms with Gasteiger partial charge in [-0.1, -0.05) is 29.8 Å². The lowest BCUT2D eigenvalue weighted by Gasteiger charge is -2.10. The minimum atomic E-state index is -1.99. The molecule has 0 aliphatic carbocycles. The number of carbonyl (C=O) groups is 1. The topological polar surface area (TPSA) is 69.6 Å². The average Bonchev–Trinajstić information content (AvgIpc) is 2.41. The number of benzene rings is 2. The van der Waals surface area contributed by atoms with Gasteiger partial charge in [0.1, 0.15) is 5.82 Å². The summed E-state index contributed by atoms with van der Waals surface area (Å²) in [5.41, 5.74) is 0.617. The van der Waals surface area contributed by atoms with Crippen LogP contribution in [0.2, 0.25) is 5.02 Å². The molecule has 2 rings (SSSR count). The predicted molar refractivity (Wildman–Crippen MR) is 80.4 cm³/mol. The molecule has 0 heterocycles. The molecule has 0 fully saturated rings. The number of rotatable bonds is 3. The SMILES string of the molecule is Cc1ccc(NC(=O)c2cccc(B(O)O)c2F)c(Cl)c1. The van der Waals surface area contributed by atoms with E-state index in [1.807, 2.05) is 6.92 Å². The van der Waals surface area contributed by atoms with Crippen LogP contribution in [-0.2, 0) is 0 Å². The van der Waals surface area contributed by atoms with Gasteiger partial charge in [0.2, 0.25) is 0 Å². The zero-order valence-corrected chi connectivity index (χ0v) is 11.9. The van der Waals surface area contributed by atoms with Crippen LogP contribution in [0.25, 0.3) is 0 Å². The zero-order chi connectivity index (χ0) is 15.6. The Balaban J connectivity index is 2.31. The van der Waals surface area contributed by atoms with Gasteiger partial charge in [0.15, 0.2) is 0 Å². The third-order valence-corrected chi connectivity index (χ3v) is 3.24. The third kappa shape index (κ3) is 3.42. The van der Waals surface area contributed by atoms with E-state index in [4.69, 9.17) is 21.6 Å². The van der Waals surface area contributed by atoms with E-state index < -0.39 is 18.8 Å². The van der Waals surface area contributed by atoms with E-state index in [1.54, 1.807) is 18.2 Å². The highest BCUT2D eigenvalue weighted by atomic mass is 35.5. The first-order valence-electron chi connectivity index (χ1n) is 6.12. The third-order valence-electron chi connectivity index (χ3n) is 2.92. The van der Waals surface area contributed by atoms with Crippen molar-refractivity contribution in [2.75, 3.05) is 5.32 Å². The molecule has 2 aromatic rings. The van der Waals surface area contributed by atoms with Gasteiger partial charge in [-0.15, -0.1) is 0 Å². The average molecular weight is 308 g/mol. The monoisotopic (exact) mass is 307 g/mol. The fourth-order valence-electron chi connectivity index (χ4n) is 1.84. The lowest BCUT2D eigenvalue weighted by atomic mass is 9.79. The Labute approximate surface area is 126 Å². The van der Waals surface area contributed by atoms with Crippen molar-refractivity contribution in [3.8, 4) is 0 Å². The molecular weight excluding hydrogens is 295 g/mol. The number of hydrogen-bond acceptors (Lipinski definition) is 3. The van der Waals surface area contributed by atoms with Gasteiger partial charge >= 0.3 is 7.12 Å². The highest BCUT2D eigenvalue weighted by molar-refractivity contribution is 6.58. The maximum absolute atomic E-state index is 14.0. The molecule has 0 radical (unpaired) electrons. The number of anilines is 1. The lowest BCUT2D eigenvalue weighted by Crippen LogP contribution is -2.34. The van der Waals surface area contributed by atoms with Crippen LogP contribution in [0.5, 0.6) is 0 Å². The van der Waals surface area contributed by atoms with Crippen LogP contribution in [0.3, 0.4) is 0 Å². The maximum atomic E-state index is 14.0. The van der Waals surface area contributed by atoms with E-state index in [1.165, 1.54) is 18.2 Å². The molecule has 108 valence electrons. The summed E-state index contributed by atoms with van der Waals surface area (Å²) < 4.78 is 14.0. The number of nitrogens with one attached hydrogen (secondary N) is 1. The number of halogens is 2. The van der Waals surface area contributed by atoms with E-state index in [0.29, 0.717) is 10.7 Å². The van der Waals surface area contributed by atoms with Gasteiger partial charge in [-0.2, -0.15) is 0 Å². The van der Waals surface area contributed by atoms with E-state index in [9.17, 15) is 9.18 Å². The highest BCUT2D eigenvalue weighted by Crippen LogP contribution is 2.23. The molecule has 3 N–H and O–H groups in total. The molecule has 0 bridgehead atoms. The Morgan fingerprint density at radius 1 is 1.29 bits per heavy atom. The second kappa shape index (κ2) is 6.26. The maximum Gasteiger partial charge on any atom is 0.491 e. The smallest absolute Gasteiger partial charge is 0.423 e. The van der Waals surface area contributed by atoms with Gasteiger partial charge in [0.05, 0.1) is 16.3 Å². The summed E-state index contributed by atoms with van der Waals surface area (Å²) in [4.78, 5) is 12.1. The van der Waals surface area contributed by atoms with Crippen LogP contribution in [0, 0.1) is 12.7 Å². The Bertz CT molecular complexity index is 694. The molecule has 0 aliphatic rings. The lowest BCUT2D eigenvalue weighted by molar-refractivity contribution is 0.102. The van der Waals surface area contributed by atoms with Gasteiger partial charge in [-0.3, -0.25) is 4.79 Å². The van der Waals surface area contributed by atoms with Gasteiger partial charge in [0.25, 0.3) is 5.91 Å². The van der Waals surface area contributed by atoms with Crippen LogP contribution in [-0.4, -0.2) is 23.1 Å². The molecule has 0 unspecified atom stereocenters. The van der Waals surface area contributed by atoms with Crippen molar-refractivity contribution >= 4 is 35.8 Å². The second-order valence-electron chi connectivity index (χ2n) is 4.52. The van der Waals surface area contributed by atoms with Crippen LogP contribution < -0.4 is 10.8 Å². The Hall–Kier alpha value is -1.89. The minimum Gasteiger partial charge on any atom is -0.423 e. The Kier molecular flexibility index (Phi) is 4.62. The van der Waals surface area contributed by atoms with Crippen molar-refractivity contribution in [2.24, 2.45) is 0 Å². The van der Waals surface area contributed by atoms with Crippen molar-refractivity contribution in [3.63, 3.8) is 0 Å². The number of aryl methyl sites for hydroxylation is 1. The molecule has 7 heteroatoms. The summed E-state index contributed by atoms with van der Waals surface area (Å²) in [5.74, 6) is -1.70. The minimum absolute atomic E-state index is 0.294. The molecule has 4 nitrogen and oxygen atoms in total. The van der Waals surface area contributed by atoms with Crippen LogP contribution >= 0.6 is 11.6 Å². The van der Waals surface area contributed by atoms with Crippen molar-refractivity contribution in [2.45, 2.75) is 6.92 Å². The fourth-order valence-corrected chi connectivity index (χ4v) is 2.12. The second-order valence-corrected chi connectivity index (χ2v) is 4.93. The van der Waals surface area contributed by atoms with Gasteiger partial charge in [-0.05, 0) is 30.7 Å². The highest BCUT2D eigenvalue weighted by Gasteiger charge is 2.22. The standard InChI is InChI=1S/C14H12BClFNO3/c1-8-5-6-12(11(16)7-8)18-14(19)9-3-2-4-10(13(9)17)15(20)21/h2-7,20-21H,1H3,(H,18,19). The quantitative estimate of drug-likeness (QED) is 0.756. The van der Waals surface area contributed by atoms with Crippen molar-refractivity contribution in [1.82, 2.24) is 0 Å². The number of amides is 1. The predicted octanol–water partition coefficient (Wildman–Crippen LogP) is 1.72. The Morgan fingerprint density at radius 2 is 2.00 bits per heavy atom. The number of hydrogen-bond donors (Lipinski definition) is 3. The van der Waals surface area contributed by atoms with E-state index >= 15 is 0 Å². The molecule has 2 aromatic carbocycles. The fraction of sp³-hybridized carbons (Fsp3) is 0.0714. The largest absolute Gasteiger partial charge is 0.491 e. The normalized spacial score (nSPS) is 10.3. The summed E-state index contributed by atoms with van der Waals surface area (Å²) in [7, 11) is -1.99. The molecule has 0 spiro atoms. The molecule has 0 saturated heterocycles. The molecule has 0 aromatic heterocycles. The molecular formula is C14H12BClFNO3. The van der Waals surface area contributed by atoms with Crippen molar-refractivity contribution in [1.29, 1.82) is 0 Å². The van der Waals surface area contributed by atoms with Crippen LogP contribution in [0.1, 0.15) is 15.9 Å². The van der Waals surface area contributed by atoms with Crippen molar-refractivity contribution < 1.29 is 19.2 Å². The molecule has 0 atom stereocenters. The summed E-state index contributed by atoms with van der Waals surface area (Å²) in [6, 6.07) is 8.84. The van der Waals surface area contributed by atoms with Crippen molar-refractivity contribution in [3.05, 3.63) is 58.4 Å². The van der Waals surface area contributed by atoms with Gasteiger partial charge < -0.3 is 15.4 Å². The first-order valence-corrected chi connectivity index (χ1v) is 6.50. The molecule has 21 heavy (non-hydrogen) atoms. The Morgan fingerprint density at radius 3 is 2.62 bits per heavy atom. The first kappa shape index (κ1) is 15.5. The van der Waals surface area contributed by atoms with E-state index in [2.05, 4.69) is 5.32 Å². The van der Waals surface area contributed by atoms with E-state index in [0.717, 1.165) is 5.56 Å². The summed E-state index contributed by atoms with van der Waals surface area (Å²) in [5, 5.41) is 20.9.